The van der Waals surface area contributed by atoms with Crippen LogP contribution in [0.3, 0.4) is 0 Å². The van der Waals surface area contributed by atoms with Crippen molar-refractivity contribution in [1.82, 2.24) is 0 Å². The number of hydrogen-bond donors (Lipinski definition) is 3. The highest BCUT2D eigenvalue weighted by molar-refractivity contribution is 5.36. The minimum Gasteiger partial charge on any atom is -0.394 e. The van der Waals surface area contributed by atoms with Crippen molar-refractivity contribution in [2.24, 2.45) is 0 Å². The summed E-state index contributed by atoms with van der Waals surface area (Å²) >= 11 is 0. The van der Waals surface area contributed by atoms with Gasteiger partial charge >= 0.3 is 0 Å². The zero-order valence-electron chi connectivity index (χ0n) is 9.11. The number of benzene rings is 1. The van der Waals surface area contributed by atoms with Crippen LogP contribution in [0, 0.1) is 0 Å². The molecule has 92 valence electrons. The van der Waals surface area contributed by atoms with E-state index in [4.69, 9.17) is 14.6 Å². The molecule has 1 unspecified atom stereocenters. The summed E-state index contributed by atoms with van der Waals surface area (Å²) in [6.45, 7) is -0.0242. The Balaban J connectivity index is 2.04. The molecule has 1 aromatic carbocycles. The summed E-state index contributed by atoms with van der Waals surface area (Å²) in [5.41, 5.74) is 1.65. The molecular weight excluding hydrogens is 224 g/mol. The van der Waals surface area contributed by atoms with Gasteiger partial charge in [-0.3, -0.25) is 0 Å². The highest BCUT2D eigenvalue weighted by Crippen LogP contribution is 2.46. The maximum absolute atomic E-state index is 10.1. The molecule has 0 saturated carbocycles. The standard InChI is InChI=1S/C12H14O5/c13-5-9-10(14)11(15)12(17-9)8-4-2-1-3-7(8)6-16-12/h1-4,9-11,13-15H,5-6H2/t9-,10-,11-,12?/m1/s1. The number of ether oxygens (including phenoxy) is 2. The van der Waals surface area contributed by atoms with Gasteiger partial charge in [0.15, 0.2) is 0 Å². The first-order chi connectivity index (χ1) is 8.19. The van der Waals surface area contributed by atoms with Crippen LogP contribution in [-0.2, 0) is 21.9 Å². The number of aliphatic hydroxyl groups is 3. The fourth-order valence-corrected chi connectivity index (χ4v) is 2.53. The molecule has 1 fully saturated rings. The summed E-state index contributed by atoms with van der Waals surface area (Å²) in [5, 5.41) is 29.0. The van der Waals surface area contributed by atoms with Crippen molar-refractivity contribution < 1.29 is 24.8 Å². The number of aliphatic hydroxyl groups excluding tert-OH is 3. The summed E-state index contributed by atoms with van der Waals surface area (Å²) in [5.74, 6) is -1.33. The van der Waals surface area contributed by atoms with Crippen LogP contribution in [0.25, 0.3) is 0 Å². The summed E-state index contributed by atoms with van der Waals surface area (Å²) in [6.07, 6.45) is -3.16. The van der Waals surface area contributed by atoms with E-state index in [0.29, 0.717) is 6.61 Å². The van der Waals surface area contributed by atoms with Gasteiger partial charge in [-0.15, -0.1) is 0 Å². The maximum Gasteiger partial charge on any atom is 0.225 e. The summed E-state index contributed by atoms with van der Waals surface area (Å²) in [7, 11) is 0. The SMILES string of the molecule is OC[C@H]1OC2(OCc3ccccc32)[C@H](O)[C@@H]1O. The smallest absolute Gasteiger partial charge is 0.225 e. The van der Waals surface area contributed by atoms with Gasteiger partial charge < -0.3 is 24.8 Å². The lowest BCUT2D eigenvalue weighted by Gasteiger charge is -2.27. The molecule has 1 saturated heterocycles. The number of rotatable bonds is 1. The first kappa shape index (κ1) is 11.1. The predicted molar refractivity (Wildman–Crippen MR) is 56.9 cm³/mol. The Morgan fingerprint density at radius 2 is 2.06 bits per heavy atom. The molecule has 4 atom stereocenters. The summed E-state index contributed by atoms with van der Waals surface area (Å²) < 4.78 is 11.1. The Morgan fingerprint density at radius 1 is 1.29 bits per heavy atom. The Morgan fingerprint density at radius 3 is 2.76 bits per heavy atom. The molecule has 2 aliphatic heterocycles. The van der Waals surface area contributed by atoms with E-state index >= 15 is 0 Å². The van der Waals surface area contributed by atoms with E-state index in [9.17, 15) is 10.2 Å². The summed E-state index contributed by atoms with van der Waals surface area (Å²) in [6, 6.07) is 7.39. The topological polar surface area (TPSA) is 79.2 Å². The molecule has 1 aromatic rings. The van der Waals surface area contributed by atoms with Crippen LogP contribution < -0.4 is 0 Å². The second-order valence-electron chi connectivity index (χ2n) is 4.39. The molecule has 2 aliphatic rings. The Labute approximate surface area is 98.2 Å². The average Bonchev–Trinajstić information content (AvgIpc) is 2.85. The van der Waals surface area contributed by atoms with Gasteiger partial charge in [0, 0.05) is 5.56 Å². The van der Waals surface area contributed by atoms with Crippen molar-refractivity contribution in [1.29, 1.82) is 0 Å². The van der Waals surface area contributed by atoms with Crippen molar-refractivity contribution in [3.63, 3.8) is 0 Å². The van der Waals surface area contributed by atoms with Gasteiger partial charge in [-0.05, 0) is 5.56 Å². The third-order valence-corrected chi connectivity index (χ3v) is 3.44. The fourth-order valence-electron chi connectivity index (χ4n) is 2.53. The molecule has 2 heterocycles. The van der Waals surface area contributed by atoms with Crippen LogP contribution in [0.2, 0.25) is 0 Å². The third kappa shape index (κ3) is 1.38. The second-order valence-corrected chi connectivity index (χ2v) is 4.39. The predicted octanol–water partition coefficient (Wildman–Crippen LogP) is -0.518. The van der Waals surface area contributed by atoms with Crippen molar-refractivity contribution >= 4 is 0 Å². The van der Waals surface area contributed by atoms with Crippen molar-refractivity contribution in [3.05, 3.63) is 35.4 Å². The van der Waals surface area contributed by atoms with Crippen LogP contribution in [0.1, 0.15) is 11.1 Å². The van der Waals surface area contributed by atoms with Gasteiger partial charge in [-0.25, -0.2) is 0 Å². The fraction of sp³-hybridized carbons (Fsp3) is 0.500. The Bertz CT molecular complexity index is 435. The van der Waals surface area contributed by atoms with Gasteiger partial charge in [0.05, 0.1) is 13.2 Å². The molecule has 5 nitrogen and oxygen atoms in total. The van der Waals surface area contributed by atoms with Crippen LogP contribution in [0.4, 0.5) is 0 Å². The van der Waals surface area contributed by atoms with Crippen molar-refractivity contribution in [2.75, 3.05) is 6.61 Å². The molecule has 0 amide bonds. The molecule has 0 bridgehead atoms. The second kappa shape index (κ2) is 3.76. The number of hydrogen-bond acceptors (Lipinski definition) is 5. The monoisotopic (exact) mass is 238 g/mol. The lowest BCUT2D eigenvalue weighted by molar-refractivity contribution is -0.262. The van der Waals surface area contributed by atoms with Crippen LogP contribution in [-0.4, -0.2) is 40.2 Å². The minimum absolute atomic E-state index is 0.331. The van der Waals surface area contributed by atoms with Gasteiger partial charge in [0.25, 0.3) is 0 Å². The van der Waals surface area contributed by atoms with E-state index in [2.05, 4.69) is 0 Å². The zero-order chi connectivity index (χ0) is 12.0. The highest BCUT2D eigenvalue weighted by Gasteiger charge is 2.59. The lowest BCUT2D eigenvalue weighted by Crippen LogP contribution is -2.40. The van der Waals surface area contributed by atoms with Crippen LogP contribution in [0.5, 0.6) is 0 Å². The molecule has 1 spiro atoms. The molecule has 17 heavy (non-hydrogen) atoms. The van der Waals surface area contributed by atoms with E-state index in [1.54, 1.807) is 6.07 Å². The quantitative estimate of drug-likeness (QED) is 0.613. The molecular formula is C12H14O5. The Kier molecular flexibility index (Phi) is 2.46. The van der Waals surface area contributed by atoms with Gasteiger partial charge in [-0.2, -0.15) is 0 Å². The van der Waals surface area contributed by atoms with Gasteiger partial charge in [0.1, 0.15) is 18.3 Å². The minimum atomic E-state index is -1.33. The summed E-state index contributed by atoms with van der Waals surface area (Å²) in [4.78, 5) is 0. The van der Waals surface area contributed by atoms with Crippen LogP contribution in [0.15, 0.2) is 24.3 Å². The molecule has 5 heteroatoms. The largest absolute Gasteiger partial charge is 0.394 e. The lowest BCUT2D eigenvalue weighted by atomic mass is 9.96. The van der Waals surface area contributed by atoms with Gasteiger partial charge in [-0.1, -0.05) is 24.3 Å². The molecule has 3 N–H and O–H groups in total. The molecule has 0 radical (unpaired) electrons. The van der Waals surface area contributed by atoms with E-state index in [1.807, 2.05) is 18.2 Å². The first-order valence-corrected chi connectivity index (χ1v) is 5.56. The van der Waals surface area contributed by atoms with E-state index in [1.165, 1.54) is 0 Å². The number of fused-ring (bicyclic) bond motifs is 2. The van der Waals surface area contributed by atoms with Crippen molar-refractivity contribution in [2.45, 2.75) is 30.7 Å². The highest BCUT2D eigenvalue weighted by atomic mass is 16.7. The van der Waals surface area contributed by atoms with Crippen LogP contribution >= 0.6 is 0 Å². The average molecular weight is 238 g/mol. The maximum atomic E-state index is 10.1. The van der Waals surface area contributed by atoms with E-state index < -0.39 is 24.1 Å². The zero-order valence-corrected chi connectivity index (χ0v) is 9.11. The molecule has 3 rings (SSSR count). The van der Waals surface area contributed by atoms with Gasteiger partial charge in [0.2, 0.25) is 5.79 Å². The third-order valence-electron chi connectivity index (χ3n) is 3.44. The Hall–Kier alpha value is -0.980. The molecule has 0 aromatic heterocycles. The van der Waals surface area contributed by atoms with E-state index in [-0.39, 0.29) is 6.61 Å². The van der Waals surface area contributed by atoms with Crippen molar-refractivity contribution in [3.8, 4) is 0 Å². The normalized spacial score (nSPS) is 39.8. The van der Waals surface area contributed by atoms with E-state index in [0.717, 1.165) is 11.1 Å². The molecule has 0 aliphatic carbocycles. The first-order valence-electron chi connectivity index (χ1n) is 5.56.